The van der Waals surface area contributed by atoms with Crippen molar-refractivity contribution >= 4 is 18.1 Å². The van der Waals surface area contributed by atoms with E-state index in [-0.39, 0.29) is 21.7 Å². The standard InChI is InChI=1S/2C8H7F4OSi.2C5H5.Ti/c2*1-14(2)13-8-6(11)4(9)3-5(10)7(8)12;2*1-2-4-5-3-1;/h2*14H,1-2H3;2*1-5H;/q4*-1;+4. The molecule has 2 nitrogen and oxygen atoms in total. The summed E-state index contributed by atoms with van der Waals surface area (Å²) < 4.78 is 111. The first-order valence-electron chi connectivity index (χ1n) is 11.0. The Kier molecular flexibility index (Phi) is 17.3. The fourth-order valence-electron chi connectivity index (χ4n) is 2.32. The number of rotatable bonds is 4. The van der Waals surface area contributed by atoms with E-state index in [0.717, 1.165) is 0 Å². The van der Waals surface area contributed by atoms with Gasteiger partial charge >= 0.3 is 21.7 Å². The van der Waals surface area contributed by atoms with E-state index in [4.69, 9.17) is 8.85 Å². The minimum absolute atomic E-state index is 0. The van der Waals surface area contributed by atoms with Gasteiger partial charge in [-0.05, 0) is 26.2 Å². The molecule has 13 heteroatoms. The second-order valence-electron chi connectivity index (χ2n) is 7.68. The topological polar surface area (TPSA) is 18.5 Å². The SMILES string of the molecule is C[SiH](C)Oc1c(F)c(F)[c-]c(F)c1F.C[SiH](C)Oc1c(F)c(F)[c-]c(F)c1F.[Ti+4].c1cc[cH-]c1.c1cc[cH-]c1. The first-order valence-corrected chi connectivity index (χ1v) is 16.6. The first kappa shape index (κ1) is 36.3. The molecule has 0 unspecified atom stereocenters. The van der Waals surface area contributed by atoms with Gasteiger partial charge in [0.15, 0.2) is 0 Å². The van der Waals surface area contributed by atoms with Gasteiger partial charge in [-0.1, -0.05) is 0 Å². The van der Waals surface area contributed by atoms with E-state index in [0.29, 0.717) is 0 Å². The third-order valence-corrected chi connectivity index (χ3v) is 5.24. The monoisotopic (exact) mass is 624 g/mol. The maximum Gasteiger partial charge on any atom is 4.00 e. The van der Waals surface area contributed by atoms with Crippen molar-refractivity contribution in [2.45, 2.75) is 26.2 Å². The molecule has 0 saturated carbocycles. The summed E-state index contributed by atoms with van der Waals surface area (Å²) >= 11 is 0. The summed E-state index contributed by atoms with van der Waals surface area (Å²) in [5.41, 5.74) is 0. The molecule has 0 aliphatic heterocycles. The molecule has 0 heterocycles. The Hall–Kier alpha value is -2.67. The second kappa shape index (κ2) is 18.6. The molecular formula is C26H24F8O2Si2Ti. The molecule has 0 spiro atoms. The van der Waals surface area contributed by atoms with E-state index < -0.39 is 76.1 Å². The van der Waals surface area contributed by atoms with Crippen molar-refractivity contribution in [1.82, 2.24) is 0 Å². The van der Waals surface area contributed by atoms with E-state index in [9.17, 15) is 35.1 Å². The molecule has 39 heavy (non-hydrogen) atoms. The predicted octanol–water partition coefficient (Wildman–Crippen LogP) is 7.62. The van der Waals surface area contributed by atoms with Gasteiger partial charge in [-0.3, -0.25) is 17.6 Å². The molecular weight excluding hydrogens is 600 g/mol. The summed E-state index contributed by atoms with van der Waals surface area (Å²) in [6, 6.07) is 22.5. The Morgan fingerprint density at radius 2 is 0.744 bits per heavy atom. The molecule has 0 bridgehead atoms. The zero-order valence-electron chi connectivity index (χ0n) is 21.3. The predicted molar refractivity (Wildman–Crippen MR) is 133 cm³/mol. The van der Waals surface area contributed by atoms with Crippen molar-refractivity contribution in [3.8, 4) is 11.5 Å². The molecule has 0 aliphatic rings. The van der Waals surface area contributed by atoms with E-state index in [2.05, 4.69) is 0 Å². The zero-order valence-corrected chi connectivity index (χ0v) is 25.1. The van der Waals surface area contributed by atoms with Crippen LogP contribution >= 0.6 is 0 Å². The van der Waals surface area contributed by atoms with Gasteiger partial charge in [0, 0.05) is 0 Å². The third kappa shape index (κ3) is 12.8. The third-order valence-electron chi connectivity index (χ3n) is 3.83. The van der Waals surface area contributed by atoms with Crippen LogP contribution in [0.15, 0.2) is 60.7 Å². The molecule has 4 aromatic carbocycles. The maximum absolute atomic E-state index is 12.9. The Labute approximate surface area is 240 Å². The first-order chi connectivity index (χ1) is 17.9. The van der Waals surface area contributed by atoms with E-state index >= 15 is 0 Å². The number of hydrogen-bond acceptors (Lipinski definition) is 2. The Morgan fingerprint density at radius 3 is 0.897 bits per heavy atom. The molecule has 0 saturated heterocycles. The van der Waals surface area contributed by atoms with Crippen LogP contribution in [0.3, 0.4) is 0 Å². The summed E-state index contributed by atoms with van der Waals surface area (Å²) in [6.45, 7) is 6.47. The Bertz CT molecular complexity index is 1040. The molecule has 208 valence electrons. The van der Waals surface area contributed by atoms with Gasteiger partial charge in [-0.2, -0.15) is 36.4 Å². The molecule has 0 amide bonds. The van der Waals surface area contributed by atoms with Crippen LogP contribution in [0.25, 0.3) is 0 Å². The van der Waals surface area contributed by atoms with Crippen LogP contribution in [0.2, 0.25) is 26.2 Å². The van der Waals surface area contributed by atoms with Crippen LogP contribution in [0.4, 0.5) is 35.1 Å². The average molecular weight is 624 g/mol. The Morgan fingerprint density at radius 1 is 0.513 bits per heavy atom. The quantitative estimate of drug-likeness (QED) is 0.101. The van der Waals surface area contributed by atoms with E-state index in [1.807, 2.05) is 60.7 Å². The summed E-state index contributed by atoms with van der Waals surface area (Å²) in [5, 5.41) is 0. The number of benzene rings is 2. The minimum atomic E-state index is -1.82. The van der Waals surface area contributed by atoms with Crippen LogP contribution in [-0.4, -0.2) is 18.1 Å². The van der Waals surface area contributed by atoms with Crippen LogP contribution in [-0.2, 0) is 21.7 Å². The van der Waals surface area contributed by atoms with Crippen LogP contribution in [0.1, 0.15) is 0 Å². The molecule has 0 N–H and O–H groups in total. The second-order valence-corrected chi connectivity index (χ2v) is 12.3. The van der Waals surface area contributed by atoms with Gasteiger partial charge in [0.1, 0.15) is 0 Å². The van der Waals surface area contributed by atoms with Crippen LogP contribution in [0, 0.1) is 58.7 Å². The van der Waals surface area contributed by atoms with Gasteiger partial charge in [-0.15, -0.1) is 12.1 Å². The Balaban J connectivity index is 0.000000537. The maximum atomic E-state index is 12.9. The van der Waals surface area contributed by atoms with Crippen LogP contribution < -0.4 is 8.85 Å². The molecule has 0 radical (unpaired) electrons. The van der Waals surface area contributed by atoms with Crippen molar-refractivity contribution < 1.29 is 65.7 Å². The van der Waals surface area contributed by atoms with Crippen molar-refractivity contribution in [2.75, 3.05) is 0 Å². The van der Waals surface area contributed by atoms with Gasteiger partial charge in [0.05, 0.1) is 58.0 Å². The fourth-order valence-corrected chi connectivity index (χ4v) is 3.68. The van der Waals surface area contributed by atoms with Gasteiger partial charge in [-0.25, -0.2) is 41.8 Å². The van der Waals surface area contributed by atoms with E-state index in [1.54, 1.807) is 26.2 Å². The fraction of sp³-hybridized carbons (Fsp3) is 0.154. The number of halogens is 8. The van der Waals surface area contributed by atoms with Gasteiger partial charge in [0.2, 0.25) is 18.1 Å². The molecule has 4 aromatic rings. The largest absolute Gasteiger partial charge is 4.00 e. The normalized spacial score (nSPS) is 9.79. The summed E-state index contributed by atoms with van der Waals surface area (Å²) in [5.74, 6) is -14.4. The van der Waals surface area contributed by atoms with Crippen molar-refractivity contribution in [3.05, 3.63) is 119 Å². The molecule has 0 aromatic heterocycles. The molecule has 0 aliphatic carbocycles. The minimum Gasteiger partial charge on any atom is -0.561 e. The van der Waals surface area contributed by atoms with Crippen molar-refractivity contribution in [1.29, 1.82) is 0 Å². The van der Waals surface area contributed by atoms with Crippen molar-refractivity contribution in [3.63, 3.8) is 0 Å². The smallest absolute Gasteiger partial charge is 0.561 e. The summed E-state index contributed by atoms with van der Waals surface area (Å²) in [7, 11) is -3.64. The summed E-state index contributed by atoms with van der Waals surface area (Å²) in [6.07, 6.45) is 0. The van der Waals surface area contributed by atoms with Gasteiger partial charge < -0.3 is 8.85 Å². The molecule has 4 rings (SSSR count). The van der Waals surface area contributed by atoms with E-state index in [1.165, 1.54) is 12.1 Å². The van der Waals surface area contributed by atoms with Crippen molar-refractivity contribution in [2.24, 2.45) is 0 Å². The summed E-state index contributed by atoms with van der Waals surface area (Å²) in [4.78, 5) is 0. The molecule has 0 fully saturated rings. The van der Waals surface area contributed by atoms with Gasteiger partial charge in [0.25, 0.3) is 0 Å². The average Bonchev–Trinajstić information content (AvgIpc) is 3.61. The zero-order chi connectivity index (χ0) is 28.8. The molecule has 0 atom stereocenters. The number of hydrogen-bond donors (Lipinski definition) is 0. The van der Waals surface area contributed by atoms with Crippen LogP contribution in [0.5, 0.6) is 11.5 Å².